The summed E-state index contributed by atoms with van der Waals surface area (Å²) in [5.74, 6) is -3.75. The largest absolute Gasteiger partial charge is 0.471 e. The number of rotatable bonds is 4. The van der Waals surface area contributed by atoms with Crippen LogP contribution in [-0.2, 0) is 23.4 Å². The second kappa shape index (κ2) is 7.33. The highest BCUT2D eigenvalue weighted by Crippen LogP contribution is 2.61. The summed E-state index contributed by atoms with van der Waals surface area (Å²) in [6.07, 6.45) is -14.1. The van der Waals surface area contributed by atoms with E-state index in [-0.39, 0.29) is 16.3 Å². The maximum absolute atomic E-state index is 12.6. The molecule has 3 rings (SSSR count). The van der Waals surface area contributed by atoms with Gasteiger partial charge in [-0.1, -0.05) is 0 Å². The van der Waals surface area contributed by atoms with Crippen LogP contribution < -0.4 is 5.32 Å². The first kappa shape index (κ1) is 22.2. The molecule has 3 aliphatic rings. The number of hydrogen-bond acceptors (Lipinski definition) is 8. The lowest BCUT2D eigenvalue weighted by molar-refractivity contribution is -0.183. The average molecular weight is 482 g/mol. The van der Waals surface area contributed by atoms with Gasteiger partial charge in [-0.15, -0.1) is 0 Å². The van der Waals surface area contributed by atoms with E-state index < -0.39 is 60.9 Å². The molecule has 0 radical (unpaired) electrons. The highest BCUT2D eigenvalue weighted by molar-refractivity contribution is 8.05. The quantitative estimate of drug-likeness (QED) is 0.496. The molecule has 3 N–H and O–H groups in total. The second-order valence-electron chi connectivity index (χ2n) is 6.32. The van der Waals surface area contributed by atoms with E-state index in [0.29, 0.717) is 0 Å². The number of aliphatic hydroxyl groups is 2. The van der Waals surface area contributed by atoms with Crippen molar-refractivity contribution in [2.24, 2.45) is 0 Å². The van der Waals surface area contributed by atoms with Crippen LogP contribution in [-0.4, -0.2) is 76.1 Å². The van der Waals surface area contributed by atoms with Crippen LogP contribution in [0.15, 0.2) is 23.4 Å². The Bertz CT molecular complexity index is 861. The van der Waals surface area contributed by atoms with Gasteiger partial charge in [-0.25, -0.2) is 4.57 Å². The zero-order valence-corrected chi connectivity index (χ0v) is 16.7. The lowest BCUT2D eigenvalue weighted by atomic mass is 10.1. The van der Waals surface area contributed by atoms with Crippen molar-refractivity contribution >= 4 is 40.4 Å². The van der Waals surface area contributed by atoms with Crippen LogP contribution in [0.3, 0.4) is 0 Å². The van der Waals surface area contributed by atoms with E-state index in [4.69, 9.17) is 31.7 Å². The van der Waals surface area contributed by atoms with Gasteiger partial charge in [0.05, 0.1) is 12.1 Å². The van der Waals surface area contributed by atoms with Gasteiger partial charge in [0.25, 0.3) is 5.91 Å². The van der Waals surface area contributed by atoms with Gasteiger partial charge in [-0.3, -0.25) is 9.59 Å². The van der Waals surface area contributed by atoms with Crippen LogP contribution in [0.25, 0.3) is 0 Å². The summed E-state index contributed by atoms with van der Waals surface area (Å²) < 4.78 is 59.7. The third kappa shape index (κ3) is 4.21. The molecule has 0 aliphatic carbocycles. The summed E-state index contributed by atoms with van der Waals surface area (Å²) in [6.45, 7) is -0.734. The molecular weight excluding hydrogens is 469 g/mol. The van der Waals surface area contributed by atoms with Crippen molar-refractivity contribution in [2.45, 2.75) is 30.7 Å². The predicted octanol–water partition coefficient (Wildman–Crippen LogP) is 0.554. The monoisotopic (exact) mass is 481 g/mol. The Morgan fingerprint density at radius 2 is 2.03 bits per heavy atom. The van der Waals surface area contributed by atoms with E-state index >= 15 is 0 Å². The Balaban J connectivity index is 1.97. The minimum atomic E-state index is -5.14. The summed E-state index contributed by atoms with van der Waals surface area (Å²) in [5.41, 5.74) is -0.302. The first-order valence-corrected chi connectivity index (χ1v) is 11.2. The van der Waals surface area contributed by atoms with Crippen molar-refractivity contribution in [1.29, 1.82) is 0 Å². The molecule has 0 aromatic carbocycles. The average Bonchev–Trinajstić information content (AvgIpc) is 2.84. The van der Waals surface area contributed by atoms with Crippen molar-refractivity contribution in [1.82, 2.24) is 15.1 Å². The fraction of sp³-hybridized carbons (Fsp3) is 0.538. The number of carbonyl (C=O) groups is 2. The van der Waals surface area contributed by atoms with Crippen molar-refractivity contribution in [3.63, 3.8) is 0 Å². The van der Waals surface area contributed by atoms with E-state index in [9.17, 15) is 37.5 Å². The normalized spacial score (nSPS) is 29.3. The van der Waals surface area contributed by atoms with Crippen LogP contribution in [0.1, 0.15) is 0 Å². The molecule has 0 aromatic heterocycles. The van der Waals surface area contributed by atoms with Gasteiger partial charge < -0.3 is 34.6 Å². The number of carbonyl (C=O) groups excluding carboxylic acids is 2. The number of alkyl halides is 3. The van der Waals surface area contributed by atoms with Gasteiger partial charge in [0.15, 0.2) is 17.8 Å². The number of hydrogen-bond donors (Lipinski definition) is 3. The number of ether oxygens (including phenoxy) is 1. The molecule has 3 heterocycles. The van der Waals surface area contributed by atoms with E-state index in [0.717, 1.165) is 18.1 Å². The highest BCUT2D eigenvalue weighted by atomic mass is 35.9. The van der Waals surface area contributed by atoms with Crippen LogP contribution in [0, 0.1) is 0 Å². The zero-order chi connectivity index (χ0) is 21.9. The van der Waals surface area contributed by atoms with Crippen molar-refractivity contribution in [3.8, 4) is 0 Å². The number of nitrogens with zero attached hydrogens (tertiary/aromatic N) is 2. The molecule has 162 valence electrons. The molecule has 4 atom stereocenters. The van der Waals surface area contributed by atoms with Gasteiger partial charge in [0, 0.05) is 35.7 Å². The van der Waals surface area contributed by atoms with Crippen molar-refractivity contribution in [3.05, 3.63) is 23.4 Å². The molecule has 1 unspecified atom stereocenters. The topological polar surface area (TPSA) is 129 Å². The summed E-state index contributed by atoms with van der Waals surface area (Å²) in [4.78, 5) is 25.0. The Morgan fingerprint density at radius 3 is 2.59 bits per heavy atom. The number of aliphatic hydroxyl groups excluding tert-OH is 2. The molecule has 2 bridgehead atoms. The summed E-state index contributed by atoms with van der Waals surface area (Å²) in [6, 6.07) is 0. The highest BCUT2D eigenvalue weighted by Gasteiger charge is 2.55. The smallest absolute Gasteiger partial charge is 0.420 e. The Kier molecular flexibility index (Phi) is 5.61. The summed E-state index contributed by atoms with van der Waals surface area (Å²) in [5, 5.41) is 22.6. The standard InChI is InChI=1S/C13H13Cl2F3N3O7P/c1-20(12(25)13(16,17)18)2-4-3-21-9(19-10(4)24)8(28-29(14,15)26)7-5(22)6(23)11(21)27-7/h3,5-7,11,22-23H,2H2,1H3,(H,19,24)/t5?,6-,7-,11+/m0/s1. The maximum atomic E-state index is 12.6. The first-order valence-electron chi connectivity index (χ1n) is 7.78. The number of nitrogens with one attached hydrogen (secondary N) is 1. The summed E-state index contributed by atoms with van der Waals surface area (Å²) >= 11 is 10.8. The van der Waals surface area contributed by atoms with E-state index in [1.807, 2.05) is 0 Å². The van der Waals surface area contributed by atoms with Gasteiger partial charge in [0.2, 0.25) is 0 Å². The fourth-order valence-corrected chi connectivity index (χ4v) is 3.91. The van der Waals surface area contributed by atoms with Gasteiger partial charge >= 0.3 is 18.2 Å². The SMILES string of the molecule is CN(CC1=CN2C(=C(OP(=O)(Cl)Cl)[C@H]3O[C@@H]2[C@@H](O)C3O)NC1=O)C(=O)C(F)(F)F. The van der Waals surface area contributed by atoms with Gasteiger partial charge in [-0.2, -0.15) is 13.2 Å². The second-order valence-corrected chi connectivity index (χ2v) is 10.5. The third-order valence-corrected chi connectivity index (χ3v) is 5.11. The number of fused-ring (bicyclic) bond motifs is 4. The molecule has 0 spiro atoms. The molecule has 1 saturated heterocycles. The molecule has 0 saturated carbocycles. The minimum absolute atomic E-state index is 0.220. The molecule has 1 fully saturated rings. The van der Waals surface area contributed by atoms with E-state index in [1.54, 1.807) is 0 Å². The third-order valence-electron chi connectivity index (χ3n) is 4.28. The van der Waals surface area contributed by atoms with Crippen LogP contribution in [0.2, 0.25) is 0 Å². The summed E-state index contributed by atoms with van der Waals surface area (Å²) in [7, 11) is 0.845. The van der Waals surface area contributed by atoms with E-state index in [2.05, 4.69) is 5.32 Å². The fourth-order valence-electron chi connectivity index (χ4n) is 3.04. The molecule has 16 heteroatoms. The lowest BCUT2D eigenvalue weighted by Crippen LogP contribution is -2.51. The first-order chi connectivity index (χ1) is 13.2. The van der Waals surface area contributed by atoms with Crippen LogP contribution >= 0.6 is 28.6 Å². The molecular formula is C13H13Cl2F3N3O7P. The van der Waals surface area contributed by atoms with Gasteiger partial charge in [-0.05, 0) is 0 Å². The zero-order valence-electron chi connectivity index (χ0n) is 14.3. The Morgan fingerprint density at radius 1 is 1.41 bits per heavy atom. The number of likely N-dealkylation sites (N-methyl/N-ethyl adjacent to an activating group) is 1. The van der Waals surface area contributed by atoms with Crippen LogP contribution in [0.5, 0.6) is 0 Å². The number of amides is 2. The lowest BCUT2D eigenvalue weighted by Gasteiger charge is -2.39. The predicted molar refractivity (Wildman–Crippen MR) is 89.9 cm³/mol. The van der Waals surface area contributed by atoms with Crippen LogP contribution in [0.4, 0.5) is 13.2 Å². The van der Waals surface area contributed by atoms with E-state index in [1.165, 1.54) is 0 Å². The van der Waals surface area contributed by atoms with Gasteiger partial charge in [0.1, 0.15) is 18.3 Å². The maximum Gasteiger partial charge on any atom is 0.471 e. The van der Waals surface area contributed by atoms with Crippen molar-refractivity contribution < 1.29 is 46.8 Å². The molecule has 3 aliphatic heterocycles. The molecule has 2 amide bonds. The number of halogens is 5. The molecule has 0 aromatic rings. The molecule has 29 heavy (non-hydrogen) atoms. The molecule has 10 nitrogen and oxygen atoms in total. The Labute approximate surface area is 170 Å². The minimum Gasteiger partial charge on any atom is -0.420 e. The Hall–Kier alpha value is -1.50. The van der Waals surface area contributed by atoms with Crippen molar-refractivity contribution in [2.75, 3.05) is 13.6 Å².